The molecule has 0 aromatic carbocycles. The Balaban J connectivity index is 1.96. The molecule has 0 aliphatic rings. The van der Waals surface area contributed by atoms with Crippen LogP contribution in [0.25, 0.3) is 0 Å². The highest BCUT2D eigenvalue weighted by Crippen LogP contribution is 2.20. The van der Waals surface area contributed by atoms with Gasteiger partial charge in [0.25, 0.3) is 5.91 Å². The van der Waals surface area contributed by atoms with E-state index in [1.165, 1.54) is 0 Å². The van der Waals surface area contributed by atoms with Gasteiger partial charge >= 0.3 is 0 Å². The first kappa shape index (κ1) is 14.0. The number of anilines is 1. The summed E-state index contributed by atoms with van der Waals surface area (Å²) in [4.78, 5) is 18.0. The minimum atomic E-state index is -0.111. The maximum atomic E-state index is 11.9. The molecule has 0 saturated carbocycles. The molecule has 0 fully saturated rings. The van der Waals surface area contributed by atoms with Crippen LogP contribution in [0, 0.1) is 0 Å². The Morgan fingerprint density at radius 2 is 2.26 bits per heavy atom. The quantitative estimate of drug-likeness (QED) is 0.931. The number of amides is 1. The second-order valence-electron chi connectivity index (χ2n) is 4.24. The maximum Gasteiger partial charge on any atom is 0.253 e. The van der Waals surface area contributed by atoms with Crippen molar-refractivity contribution < 1.29 is 4.79 Å². The number of carbonyl (C=O) groups is 1. The molecular weight excluding hydrogens is 326 g/mol. The van der Waals surface area contributed by atoms with Gasteiger partial charge in [0.15, 0.2) is 0 Å². The summed E-state index contributed by atoms with van der Waals surface area (Å²) in [6.45, 7) is 0.524. The monoisotopic (exact) mass is 339 g/mol. The fraction of sp³-hybridized carbons (Fsp3) is 0.231. The molecule has 2 aromatic heterocycles. The SMILES string of the molecule is CN(C)c1ccc(C(=O)NCc2csc(Br)c2)cn1. The van der Waals surface area contributed by atoms with E-state index >= 15 is 0 Å². The van der Waals surface area contributed by atoms with Crippen molar-refractivity contribution in [1.29, 1.82) is 0 Å². The van der Waals surface area contributed by atoms with Crippen LogP contribution in [0.5, 0.6) is 0 Å². The van der Waals surface area contributed by atoms with Crippen LogP contribution >= 0.6 is 27.3 Å². The lowest BCUT2D eigenvalue weighted by atomic mass is 10.2. The van der Waals surface area contributed by atoms with Gasteiger partial charge < -0.3 is 10.2 Å². The molecule has 4 nitrogen and oxygen atoms in total. The topological polar surface area (TPSA) is 45.2 Å². The summed E-state index contributed by atoms with van der Waals surface area (Å²) in [5.41, 5.74) is 1.66. The van der Waals surface area contributed by atoms with Gasteiger partial charge in [0.2, 0.25) is 0 Å². The Morgan fingerprint density at radius 3 is 2.79 bits per heavy atom. The summed E-state index contributed by atoms with van der Waals surface area (Å²) in [6, 6.07) is 5.61. The molecule has 2 rings (SSSR count). The molecule has 19 heavy (non-hydrogen) atoms. The standard InChI is InChI=1S/C13H14BrN3OS/c1-17(2)12-4-3-10(7-15-12)13(18)16-6-9-5-11(14)19-8-9/h3-5,7-8H,6H2,1-2H3,(H,16,18). The van der Waals surface area contributed by atoms with E-state index in [1.54, 1.807) is 23.6 Å². The van der Waals surface area contributed by atoms with Crippen molar-refractivity contribution in [3.05, 3.63) is 44.7 Å². The number of nitrogens with zero attached hydrogens (tertiary/aromatic N) is 2. The number of rotatable bonds is 4. The van der Waals surface area contributed by atoms with Crippen LogP contribution in [-0.2, 0) is 6.54 Å². The molecule has 100 valence electrons. The fourth-order valence-corrected chi connectivity index (χ4v) is 2.72. The van der Waals surface area contributed by atoms with Gasteiger partial charge in [-0.15, -0.1) is 11.3 Å². The summed E-state index contributed by atoms with van der Waals surface area (Å²) >= 11 is 5.00. The third kappa shape index (κ3) is 3.78. The molecule has 0 bridgehead atoms. The molecule has 1 N–H and O–H groups in total. The van der Waals surface area contributed by atoms with E-state index in [4.69, 9.17) is 0 Å². The van der Waals surface area contributed by atoms with Gasteiger partial charge in [-0.1, -0.05) is 0 Å². The Morgan fingerprint density at radius 1 is 1.47 bits per heavy atom. The van der Waals surface area contributed by atoms with Gasteiger partial charge in [-0.3, -0.25) is 4.79 Å². The van der Waals surface area contributed by atoms with Gasteiger partial charge in [0.1, 0.15) is 5.82 Å². The molecule has 6 heteroatoms. The van der Waals surface area contributed by atoms with Gasteiger partial charge in [-0.05, 0) is 45.1 Å². The van der Waals surface area contributed by atoms with E-state index in [2.05, 4.69) is 26.2 Å². The zero-order valence-electron chi connectivity index (χ0n) is 10.7. The third-order valence-electron chi connectivity index (χ3n) is 2.54. The largest absolute Gasteiger partial charge is 0.363 e. The van der Waals surface area contributed by atoms with E-state index in [9.17, 15) is 4.79 Å². The van der Waals surface area contributed by atoms with Gasteiger partial charge in [-0.25, -0.2) is 4.98 Å². The normalized spacial score (nSPS) is 10.3. The fourth-order valence-electron chi connectivity index (χ4n) is 1.51. The van der Waals surface area contributed by atoms with Crippen molar-refractivity contribution in [2.75, 3.05) is 19.0 Å². The molecule has 2 aromatic rings. The van der Waals surface area contributed by atoms with Crippen LogP contribution in [0.2, 0.25) is 0 Å². The average Bonchev–Trinajstić information content (AvgIpc) is 2.82. The zero-order valence-corrected chi connectivity index (χ0v) is 13.1. The lowest BCUT2D eigenvalue weighted by Crippen LogP contribution is -2.23. The number of nitrogens with one attached hydrogen (secondary N) is 1. The molecule has 0 radical (unpaired) electrons. The highest BCUT2D eigenvalue weighted by molar-refractivity contribution is 9.11. The van der Waals surface area contributed by atoms with Crippen LogP contribution in [0.4, 0.5) is 5.82 Å². The lowest BCUT2D eigenvalue weighted by molar-refractivity contribution is 0.0950. The predicted octanol–water partition coefficient (Wildman–Crippen LogP) is 2.90. The summed E-state index contributed by atoms with van der Waals surface area (Å²) in [6.07, 6.45) is 1.59. The van der Waals surface area contributed by atoms with E-state index in [0.717, 1.165) is 15.2 Å². The number of halogens is 1. The number of carbonyl (C=O) groups excluding carboxylic acids is 1. The number of hydrogen-bond donors (Lipinski definition) is 1. The highest BCUT2D eigenvalue weighted by Gasteiger charge is 2.07. The maximum absolute atomic E-state index is 11.9. The summed E-state index contributed by atoms with van der Waals surface area (Å²) < 4.78 is 1.06. The molecule has 0 atom stereocenters. The van der Waals surface area contributed by atoms with Crippen LogP contribution in [-0.4, -0.2) is 25.0 Å². The lowest BCUT2D eigenvalue weighted by Gasteiger charge is -2.11. The first-order chi connectivity index (χ1) is 9.06. The molecular formula is C13H14BrN3OS. The predicted molar refractivity (Wildman–Crippen MR) is 81.8 cm³/mol. The molecule has 0 saturated heterocycles. The minimum Gasteiger partial charge on any atom is -0.363 e. The minimum absolute atomic E-state index is 0.111. The molecule has 1 amide bonds. The first-order valence-electron chi connectivity index (χ1n) is 5.71. The van der Waals surface area contributed by atoms with E-state index in [-0.39, 0.29) is 5.91 Å². The van der Waals surface area contributed by atoms with Crippen molar-refractivity contribution in [2.24, 2.45) is 0 Å². The Labute approximate surface area is 124 Å². The second-order valence-corrected chi connectivity index (χ2v) is 6.53. The van der Waals surface area contributed by atoms with Crippen LogP contribution in [0.15, 0.2) is 33.6 Å². The molecule has 0 aliphatic heterocycles. The number of aromatic nitrogens is 1. The van der Waals surface area contributed by atoms with Crippen LogP contribution in [0.3, 0.4) is 0 Å². The van der Waals surface area contributed by atoms with E-state index in [0.29, 0.717) is 12.1 Å². The number of hydrogen-bond acceptors (Lipinski definition) is 4. The Bertz CT molecular complexity index is 566. The van der Waals surface area contributed by atoms with Crippen LogP contribution in [0.1, 0.15) is 15.9 Å². The first-order valence-corrected chi connectivity index (χ1v) is 7.38. The number of pyridine rings is 1. The highest BCUT2D eigenvalue weighted by atomic mass is 79.9. The van der Waals surface area contributed by atoms with Crippen molar-refractivity contribution in [3.8, 4) is 0 Å². The van der Waals surface area contributed by atoms with Crippen molar-refractivity contribution >= 4 is 39.0 Å². The van der Waals surface area contributed by atoms with Crippen molar-refractivity contribution in [3.63, 3.8) is 0 Å². The summed E-state index contributed by atoms with van der Waals surface area (Å²) in [5, 5.41) is 4.88. The number of thiophene rings is 1. The van der Waals surface area contributed by atoms with Gasteiger partial charge in [-0.2, -0.15) is 0 Å². The van der Waals surface area contributed by atoms with Gasteiger partial charge in [0, 0.05) is 26.8 Å². The van der Waals surface area contributed by atoms with Crippen LogP contribution < -0.4 is 10.2 Å². The summed E-state index contributed by atoms with van der Waals surface area (Å²) in [7, 11) is 3.83. The second kappa shape index (κ2) is 6.16. The molecule has 0 unspecified atom stereocenters. The Kier molecular flexibility index (Phi) is 4.55. The van der Waals surface area contributed by atoms with E-state index in [1.807, 2.05) is 36.5 Å². The smallest absolute Gasteiger partial charge is 0.253 e. The zero-order chi connectivity index (χ0) is 13.8. The van der Waals surface area contributed by atoms with Crippen molar-refractivity contribution in [1.82, 2.24) is 10.3 Å². The average molecular weight is 340 g/mol. The molecule has 0 aliphatic carbocycles. The van der Waals surface area contributed by atoms with Crippen molar-refractivity contribution in [2.45, 2.75) is 6.54 Å². The summed E-state index contributed by atoms with van der Waals surface area (Å²) in [5.74, 6) is 0.721. The molecule has 0 spiro atoms. The van der Waals surface area contributed by atoms with E-state index < -0.39 is 0 Å². The van der Waals surface area contributed by atoms with Gasteiger partial charge in [0.05, 0.1) is 9.35 Å². The molecule has 2 heterocycles. The Hall–Kier alpha value is -1.40. The third-order valence-corrected chi connectivity index (χ3v) is 4.10.